The molecule has 0 aliphatic carbocycles. The molecule has 162 valence electrons. The highest BCUT2D eigenvalue weighted by Crippen LogP contribution is 2.32. The predicted molar refractivity (Wildman–Crippen MR) is 94.0 cm³/mol. The number of hydrogen-bond donors (Lipinski definition) is 1. The van der Waals surface area contributed by atoms with Crippen molar-refractivity contribution in [2.24, 2.45) is 0 Å². The molecule has 2 aromatic rings. The lowest BCUT2D eigenvalue weighted by Crippen LogP contribution is -2.50. The van der Waals surface area contributed by atoms with Gasteiger partial charge in [-0.25, -0.2) is 4.98 Å². The van der Waals surface area contributed by atoms with Crippen LogP contribution >= 0.6 is 0 Å². The summed E-state index contributed by atoms with van der Waals surface area (Å²) in [6, 6.07) is 2.97. The Labute approximate surface area is 170 Å². The molecule has 10 nitrogen and oxygen atoms in total. The van der Waals surface area contributed by atoms with Gasteiger partial charge in [0.2, 0.25) is 0 Å². The van der Waals surface area contributed by atoms with E-state index in [1.807, 2.05) is 0 Å². The average molecular weight is 447 g/mol. The van der Waals surface area contributed by atoms with E-state index in [4.69, 9.17) is 4.42 Å². The molecule has 0 saturated carbocycles. The van der Waals surface area contributed by atoms with Gasteiger partial charge in [-0.2, -0.15) is 0 Å². The Balaban J connectivity index is 1.71. The van der Waals surface area contributed by atoms with E-state index < -0.39 is 35.0 Å². The fourth-order valence-electron chi connectivity index (χ4n) is 2.81. The minimum absolute atomic E-state index is 0.127. The van der Waals surface area contributed by atoms with Crippen LogP contribution in [0, 0.1) is 0 Å². The summed E-state index contributed by atoms with van der Waals surface area (Å²) in [6.07, 6.45) is -2.77. The Morgan fingerprint density at radius 2 is 1.80 bits per heavy atom. The highest BCUT2D eigenvalue weighted by Gasteiger charge is 2.33. The second-order valence-corrected chi connectivity index (χ2v) is 6.73. The number of nitrogens with one attached hydrogen (secondary N) is 1. The number of oxazole rings is 1. The van der Waals surface area contributed by atoms with Crippen molar-refractivity contribution < 1.29 is 40.7 Å². The first-order valence-electron chi connectivity index (χ1n) is 8.36. The van der Waals surface area contributed by atoms with Gasteiger partial charge < -0.3 is 28.2 Å². The topological polar surface area (TPSA) is 128 Å². The second-order valence-electron chi connectivity index (χ2n) is 6.05. The summed E-state index contributed by atoms with van der Waals surface area (Å²) < 4.78 is 69.8. The van der Waals surface area contributed by atoms with Crippen LogP contribution in [0.2, 0.25) is 0 Å². The fourth-order valence-corrected chi connectivity index (χ4v) is 3.16. The van der Waals surface area contributed by atoms with Crippen LogP contribution in [-0.2, 0) is 11.3 Å². The number of alkyl halides is 3. The molecule has 1 aliphatic rings. The lowest BCUT2D eigenvalue weighted by atomic mass is 10.1. The van der Waals surface area contributed by atoms with E-state index in [9.17, 15) is 31.5 Å². The van der Waals surface area contributed by atoms with Gasteiger partial charge in [-0.05, 0) is 18.2 Å². The van der Waals surface area contributed by atoms with Crippen molar-refractivity contribution in [2.45, 2.75) is 6.36 Å². The third-order valence-corrected chi connectivity index (χ3v) is 4.54. The summed E-state index contributed by atoms with van der Waals surface area (Å²) in [4.78, 5) is 31.5. The lowest BCUT2D eigenvalue weighted by molar-refractivity contribution is -0.274. The van der Waals surface area contributed by atoms with Crippen LogP contribution in [0.4, 0.5) is 18.9 Å². The first kappa shape index (κ1) is 21.6. The van der Waals surface area contributed by atoms with Crippen molar-refractivity contribution in [1.82, 2.24) is 14.8 Å². The smallest absolute Gasteiger partial charge is 0.573 e. The maximum atomic E-state index is 12.7. The Kier molecular flexibility index (Phi) is 6.26. The molecule has 1 aliphatic heterocycles. The average Bonchev–Trinajstić information content (AvgIpc) is 3.21. The van der Waals surface area contributed by atoms with E-state index in [-0.39, 0.29) is 43.3 Å². The van der Waals surface area contributed by atoms with E-state index in [1.165, 1.54) is 22.1 Å². The number of carbonyl (C=O) groups is 2. The van der Waals surface area contributed by atoms with Gasteiger partial charge >= 0.3 is 6.36 Å². The third-order valence-electron chi connectivity index (χ3n) is 4.15. The third kappa shape index (κ3) is 5.27. The number of carbonyl (C=O) groups excluding carboxylic acids is 2. The van der Waals surface area contributed by atoms with Gasteiger partial charge in [0.15, 0.2) is 17.8 Å². The fraction of sp³-hybridized carbons (Fsp3) is 0.312. The van der Waals surface area contributed by atoms with Crippen LogP contribution in [-0.4, -0.2) is 67.9 Å². The van der Waals surface area contributed by atoms with E-state index in [1.54, 1.807) is 4.72 Å². The zero-order chi connectivity index (χ0) is 21.9. The molecule has 14 heteroatoms. The molecule has 2 amide bonds. The van der Waals surface area contributed by atoms with E-state index in [2.05, 4.69) is 9.72 Å². The van der Waals surface area contributed by atoms with Gasteiger partial charge in [0.25, 0.3) is 11.8 Å². The molecule has 1 aromatic heterocycles. The van der Waals surface area contributed by atoms with Crippen molar-refractivity contribution in [3.05, 3.63) is 42.1 Å². The maximum Gasteiger partial charge on any atom is 0.573 e. The normalized spacial score (nSPS) is 15.6. The Morgan fingerprint density at radius 1 is 1.17 bits per heavy atom. The van der Waals surface area contributed by atoms with Crippen LogP contribution in [0.15, 0.2) is 35.3 Å². The molecule has 1 N–H and O–H groups in total. The number of nitrogens with zero attached hydrogens (tertiary/aromatic N) is 3. The Morgan fingerprint density at radius 3 is 2.33 bits per heavy atom. The van der Waals surface area contributed by atoms with Crippen LogP contribution in [0.5, 0.6) is 5.75 Å². The molecule has 1 unspecified atom stereocenters. The number of aromatic nitrogens is 1. The summed E-state index contributed by atoms with van der Waals surface area (Å²) >= 11 is -2.89. The lowest BCUT2D eigenvalue weighted by Gasteiger charge is -2.34. The monoisotopic (exact) mass is 447 g/mol. The number of anilines is 1. The van der Waals surface area contributed by atoms with E-state index >= 15 is 0 Å². The second kappa shape index (κ2) is 8.71. The van der Waals surface area contributed by atoms with Gasteiger partial charge in [-0.1, -0.05) is 0 Å². The molecule has 3 rings (SSSR count). The molecule has 1 aromatic carbocycles. The largest absolute Gasteiger partial charge is 0.755 e. The molecule has 0 bridgehead atoms. The summed E-state index contributed by atoms with van der Waals surface area (Å²) in [6.45, 7) is 0.668. The van der Waals surface area contributed by atoms with Crippen LogP contribution in [0.25, 0.3) is 0 Å². The highest BCUT2D eigenvalue weighted by molar-refractivity contribution is 7.80. The van der Waals surface area contributed by atoms with Crippen molar-refractivity contribution in [2.75, 3.05) is 30.9 Å². The van der Waals surface area contributed by atoms with Crippen molar-refractivity contribution >= 4 is 28.8 Å². The van der Waals surface area contributed by atoms with Gasteiger partial charge in [0, 0.05) is 43.0 Å². The molecule has 1 atom stereocenters. The zero-order valence-corrected chi connectivity index (χ0v) is 15.9. The number of amides is 2. The highest BCUT2D eigenvalue weighted by atomic mass is 32.2. The molecular weight excluding hydrogens is 433 g/mol. The summed E-state index contributed by atoms with van der Waals surface area (Å²) in [5.41, 5.74) is -0.476. The predicted octanol–water partition coefficient (Wildman–Crippen LogP) is 1.38. The SMILES string of the molecule is O=C(c1ccc(NS(=O)[O-])c(OC(F)(F)F)c1)N1CCN(C(=O)c2cocn2)CC1. The van der Waals surface area contributed by atoms with Crippen molar-refractivity contribution in [1.29, 1.82) is 0 Å². The van der Waals surface area contributed by atoms with Crippen LogP contribution in [0.1, 0.15) is 20.8 Å². The van der Waals surface area contributed by atoms with E-state index in [0.29, 0.717) is 0 Å². The summed E-state index contributed by atoms with van der Waals surface area (Å²) in [5, 5.41) is 0. The minimum atomic E-state index is -5.09. The molecule has 0 spiro atoms. The molecular formula is C16H14F3N4O6S-. The molecule has 1 saturated heterocycles. The van der Waals surface area contributed by atoms with Gasteiger partial charge in [-0.15, -0.1) is 13.2 Å². The summed E-state index contributed by atoms with van der Waals surface area (Å²) in [7, 11) is 0. The van der Waals surface area contributed by atoms with Crippen molar-refractivity contribution in [3.8, 4) is 5.75 Å². The molecule has 30 heavy (non-hydrogen) atoms. The van der Waals surface area contributed by atoms with E-state index in [0.717, 1.165) is 18.5 Å². The maximum absolute atomic E-state index is 12.7. The molecule has 0 radical (unpaired) electrons. The van der Waals surface area contributed by atoms with Crippen LogP contribution in [0.3, 0.4) is 0 Å². The first-order chi connectivity index (χ1) is 14.1. The minimum Gasteiger partial charge on any atom is -0.755 e. The number of ether oxygens (including phenoxy) is 1. The van der Waals surface area contributed by atoms with Crippen LogP contribution < -0.4 is 9.46 Å². The standard InChI is InChI=1S/C16H15F3N4O6S/c17-16(18,19)29-13-7-10(1-2-11(13)21-30(26)27)14(24)22-3-5-23(6-4-22)15(25)12-8-28-9-20-12/h1-2,7-9,21H,3-6H2,(H,26,27)/p-1. The van der Waals surface area contributed by atoms with Gasteiger partial charge in [0.1, 0.15) is 6.26 Å². The number of piperazine rings is 1. The number of benzene rings is 1. The molecule has 2 heterocycles. The zero-order valence-electron chi connectivity index (χ0n) is 15.0. The molecule has 1 fully saturated rings. The number of halogens is 3. The quantitative estimate of drug-likeness (QED) is 0.686. The summed E-state index contributed by atoms with van der Waals surface area (Å²) in [5.74, 6) is -1.82. The van der Waals surface area contributed by atoms with Gasteiger partial charge in [0.05, 0.1) is 5.69 Å². The van der Waals surface area contributed by atoms with Gasteiger partial charge in [-0.3, -0.25) is 13.8 Å². The Bertz CT molecular complexity index is 945. The number of hydrogen-bond acceptors (Lipinski definition) is 7. The number of rotatable bonds is 5. The first-order valence-corrected chi connectivity index (χ1v) is 9.44. The Hall–Kier alpha value is -3.13. The van der Waals surface area contributed by atoms with Crippen molar-refractivity contribution in [3.63, 3.8) is 0 Å².